The molecule has 0 unspecified atom stereocenters. The summed E-state index contributed by atoms with van der Waals surface area (Å²) in [4.78, 5) is 0. The molecule has 0 radical (unpaired) electrons. The molecule has 1 N–H and O–H groups in total. The maximum atomic E-state index is 9.08. The summed E-state index contributed by atoms with van der Waals surface area (Å²) in [5, 5.41) is 0. The first kappa shape index (κ1) is 29.7. The van der Waals surface area contributed by atoms with Gasteiger partial charge in [0.05, 0.1) is 10.1 Å². The Labute approximate surface area is 106 Å². The van der Waals surface area contributed by atoms with Crippen LogP contribution in [0.25, 0.3) is 0 Å². The van der Waals surface area contributed by atoms with Crippen molar-refractivity contribution in [2.45, 2.75) is 13.8 Å². The van der Waals surface area contributed by atoms with Crippen LogP contribution in [-0.4, -0.2) is 24.7 Å². The van der Waals surface area contributed by atoms with Crippen molar-refractivity contribution in [1.29, 1.82) is 0 Å². The molecule has 0 saturated heterocycles. The fourth-order valence-corrected chi connectivity index (χ4v) is 0. The Morgan fingerprint density at radius 1 is 1.10 bits per heavy atom. The van der Waals surface area contributed by atoms with Gasteiger partial charge in [0.1, 0.15) is 0 Å². The van der Waals surface area contributed by atoms with E-state index in [1.165, 1.54) is 0 Å². The Morgan fingerprint density at radius 3 is 1.10 bits per heavy atom. The van der Waals surface area contributed by atoms with Gasteiger partial charge in [-0.3, -0.25) is 0 Å². The minimum absolute atomic E-state index is 0. The van der Waals surface area contributed by atoms with Crippen LogP contribution in [0.5, 0.6) is 0 Å². The van der Waals surface area contributed by atoms with E-state index in [0.29, 0.717) is 6.26 Å². The van der Waals surface area contributed by atoms with Crippen LogP contribution in [0.1, 0.15) is 13.8 Å². The van der Waals surface area contributed by atoms with E-state index in [0.717, 1.165) is 0 Å². The van der Waals surface area contributed by atoms with Gasteiger partial charge in [-0.05, 0) is 0 Å². The molecule has 4 nitrogen and oxygen atoms in total. The zero-order valence-corrected chi connectivity index (χ0v) is 11.9. The zero-order chi connectivity index (χ0) is 6.50. The average Bonchev–Trinajstić information content (AvgIpc) is 1.36. The summed E-state index contributed by atoms with van der Waals surface area (Å²) in [7, 11) is -3.92. The standard InChI is InChI=1S/C2H6.CH4O3S.2Na.H2O/c1-2;1-5(2,3)4;;;/h1-2H3;1H3,(H,2,3,4);;;1H2/q;;2*+1;/p-2. The molecular weight excluding hydrogens is 178 g/mol. The third-order valence-electron chi connectivity index (χ3n) is 0. The molecule has 0 bridgehead atoms. The quantitative estimate of drug-likeness (QED) is 0.280. The Kier molecular flexibility index (Phi) is 50.8. The van der Waals surface area contributed by atoms with E-state index in [4.69, 9.17) is 13.0 Å². The van der Waals surface area contributed by atoms with Crippen LogP contribution in [0.4, 0.5) is 0 Å². The Hall–Kier alpha value is 1.87. The topological polar surface area (TPSA) is 87.2 Å². The van der Waals surface area contributed by atoms with Gasteiger partial charge in [-0.25, -0.2) is 8.42 Å². The maximum Gasteiger partial charge on any atom is 1.00 e. The van der Waals surface area contributed by atoms with Crippen molar-refractivity contribution in [2.75, 3.05) is 6.26 Å². The second kappa shape index (κ2) is 17.1. The van der Waals surface area contributed by atoms with Crippen molar-refractivity contribution in [3.05, 3.63) is 0 Å². The Bertz CT molecular complexity index is 102. The van der Waals surface area contributed by atoms with Crippen molar-refractivity contribution in [3.63, 3.8) is 0 Å². The van der Waals surface area contributed by atoms with Gasteiger partial charge < -0.3 is 10.0 Å². The van der Waals surface area contributed by atoms with Crippen LogP contribution < -0.4 is 59.1 Å². The Balaban J connectivity index is -0.0000000154. The number of hydrogen-bond donors (Lipinski definition) is 0. The second-order valence-electron chi connectivity index (χ2n) is 0.704. The molecule has 54 valence electrons. The molecule has 0 atom stereocenters. The third-order valence-corrected chi connectivity index (χ3v) is 0. The van der Waals surface area contributed by atoms with E-state index >= 15 is 0 Å². The molecule has 0 aromatic rings. The van der Waals surface area contributed by atoms with Crippen molar-refractivity contribution in [3.8, 4) is 0 Å². The first-order chi connectivity index (χ1) is 3.00. The van der Waals surface area contributed by atoms with Gasteiger partial charge in [-0.2, -0.15) is 0 Å². The fourth-order valence-electron chi connectivity index (χ4n) is 0. The summed E-state index contributed by atoms with van der Waals surface area (Å²) in [6.07, 6.45) is 0.604. The zero-order valence-electron chi connectivity index (χ0n) is 7.08. The summed E-state index contributed by atoms with van der Waals surface area (Å²) in [5.41, 5.74) is 0. The van der Waals surface area contributed by atoms with E-state index in [2.05, 4.69) is 0 Å². The number of hydrogen-bond acceptors (Lipinski definition) is 4. The van der Waals surface area contributed by atoms with Crippen LogP contribution in [0.2, 0.25) is 0 Å². The third kappa shape index (κ3) is 222. The largest absolute Gasteiger partial charge is 1.00 e. The summed E-state index contributed by atoms with van der Waals surface area (Å²) in [5.74, 6) is 0. The van der Waals surface area contributed by atoms with Gasteiger partial charge in [0.25, 0.3) is 0 Å². The second-order valence-corrected chi connectivity index (χ2v) is 2.11. The van der Waals surface area contributed by atoms with E-state index < -0.39 is 10.1 Å². The molecule has 0 heterocycles. The molecule has 7 heteroatoms. The summed E-state index contributed by atoms with van der Waals surface area (Å²) >= 11 is 0. The number of rotatable bonds is 0. The monoisotopic (exact) mass is 188 g/mol. The van der Waals surface area contributed by atoms with E-state index in [1.54, 1.807) is 0 Å². The van der Waals surface area contributed by atoms with Crippen LogP contribution >= 0.6 is 0 Å². The minimum atomic E-state index is -3.92. The van der Waals surface area contributed by atoms with Gasteiger partial charge >= 0.3 is 59.1 Å². The molecular formula is C3H10Na2O4S. The van der Waals surface area contributed by atoms with Crippen molar-refractivity contribution >= 4 is 10.1 Å². The van der Waals surface area contributed by atoms with Crippen LogP contribution in [0, 0.1) is 0 Å². The Morgan fingerprint density at radius 2 is 1.10 bits per heavy atom. The van der Waals surface area contributed by atoms with E-state index in [-0.39, 0.29) is 64.6 Å². The molecule has 0 rings (SSSR count). The normalized spacial score (nSPS) is 6.40. The van der Waals surface area contributed by atoms with Gasteiger partial charge in [0.15, 0.2) is 0 Å². The molecule has 0 aliphatic carbocycles. The molecule has 0 aromatic carbocycles. The van der Waals surface area contributed by atoms with E-state index in [9.17, 15) is 0 Å². The van der Waals surface area contributed by atoms with Crippen LogP contribution in [-0.2, 0) is 10.1 Å². The predicted molar refractivity (Wildman–Crippen MR) is 28.9 cm³/mol. The fraction of sp³-hybridized carbons (Fsp3) is 1.00. The van der Waals surface area contributed by atoms with Crippen molar-refractivity contribution < 1.29 is 77.6 Å². The van der Waals surface area contributed by atoms with Gasteiger partial charge in [0, 0.05) is 6.26 Å². The van der Waals surface area contributed by atoms with Crippen LogP contribution in [0.3, 0.4) is 0 Å². The SMILES string of the molecule is CC.CS(=O)(=O)[O-].[Na+].[Na+].[OH-]. The summed E-state index contributed by atoms with van der Waals surface area (Å²) < 4.78 is 27.2. The predicted octanol–water partition coefficient (Wildman–Crippen LogP) is -5.98. The molecule has 0 aliphatic rings. The van der Waals surface area contributed by atoms with E-state index in [1.807, 2.05) is 13.8 Å². The first-order valence-electron chi connectivity index (χ1n) is 1.91. The molecule has 0 aliphatic heterocycles. The molecule has 10 heavy (non-hydrogen) atoms. The molecule has 0 fully saturated rings. The first-order valence-corrected chi connectivity index (χ1v) is 3.72. The summed E-state index contributed by atoms with van der Waals surface area (Å²) in [6, 6.07) is 0. The van der Waals surface area contributed by atoms with Gasteiger partial charge in [-0.15, -0.1) is 0 Å². The van der Waals surface area contributed by atoms with Crippen molar-refractivity contribution in [1.82, 2.24) is 0 Å². The minimum Gasteiger partial charge on any atom is -0.870 e. The molecule has 0 saturated carbocycles. The van der Waals surface area contributed by atoms with Gasteiger partial charge in [0.2, 0.25) is 0 Å². The van der Waals surface area contributed by atoms with Crippen LogP contribution in [0.15, 0.2) is 0 Å². The van der Waals surface area contributed by atoms with Gasteiger partial charge in [-0.1, -0.05) is 13.8 Å². The molecule has 0 spiro atoms. The average molecular weight is 188 g/mol. The smallest absolute Gasteiger partial charge is 0.870 e. The molecule has 0 aromatic heterocycles. The molecule has 0 amide bonds. The van der Waals surface area contributed by atoms with Crippen molar-refractivity contribution in [2.24, 2.45) is 0 Å². The summed E-state index contributed by atoms with van der Waals surface area (Å²) in [6.45, 7) is 4.00. The maximum absolute atomic E-state index is 9.08.